The second-order valence-electron chi connectivity index (χ2n) is 3.90. The molecule has 0 aromatic heterocycles. The fourth-order valence-corrected chi connectivity index (χ4v) is 1.18. The first-order valence-electron chi connectivity index (χ1n) is 6.00. The summed E-state index contributed by atoms with van der Waals surface area (Å²) in [6.45, 7) is 2.58. The van der Waals surface area contributed by atoms with Gasteiger partial charge >= 0.3 is 12.0 Å². The van der Waals surface area contributed by atoms with Crippen LogP contribution in [-0.2, 0) is 14.3 Å². The highest BCUT2D eigenvalue weighted by Gasteiger charge is 2.14. The summed E-state index contributed by atoms with van der Waals surface area (Å²) < 4.78 is 4.78. The summed E-state index contributed by atoms with van der Waals surface area (Å²) in [5.41, 5.74) is 0. The van der Waals surface area contributed by atoms with E-state index in [0.29, 0.717) is 19.6 Å². The van der Waals surface area contributed by atoms with Crippen LogP contribution < -0.4 is 16.0 Å². The fourth-order valence-electron chi connectivity index (χ4n) is 1.18. The number of carboxylic acids is 1. The molecule has 0 spiro atoms. The van der Waals surface area contributed by atoms with Gasteiger partial charge in [0.05, 0.1) is 6.61 Å². The van der Waals surface area contributed by atoms with E-state index in [0.717, 1.165) is 0 Å². The van der Waals surface area contributed by atoms with Crippen LogP contribution in [0.15, 0.2) is 0 Å². The van der Waals surface area contributed by atoms with Crippen molar-refractivity contribution in [1.82, 2.24) is 16.0 Å². The van der Waals surface area contributed by atoms with Gasteiger partial charge in [-0.15, -0.1) is 0 Å². The predicted octanol–water partition coefficient (Wildman–Crippen LogP) is -0.698. The minimum Gasteiger partial charge on any atom is -0.481 e. The molecule has 1 atom stereocenters. The van der Waals surface area contributed by atoms with Gasteiger partial charge in [0.2, 0.25) is 5.91 Å². The first kappa shape index (κ1) is 17.2. The number of ether oxygens (including phenoxy) is 1. The molecule has 8 heteroatoms. The highest BCUT2D eigenvalue weighted by Crippen LogP contribution is 1.87. The Labute approximate surface area is 111 Å². The average molecular weight is 275 g/mol. The van der Waals surface area contributed by atoms with Gasteiger partial charge in [-0.05, 0) is 13.3 Å². The number of amides is 3. The lowest BCUT2D eigenvalue weighted by molar-refractivity contribution is -0.137. The smallest absolute Gasteiger partial charge is 0.315 e. The van der Waals surface area contributed by atoms with Crippen LogP contribution in [0.4, 0.5) is 4.79 Å². The van der Waals surface area contributed by atoms with Gasteiger partial charge in [-0.1, -0.05) is 0 Å². The largest absolute Gasteiger partial charge is 0.481 e. The van der Waals surface area contributed by atoms with Crippen molar-refractivity contribution in [2.75, 3.05) is 26.8 Å². The third-order valence-corrected chi connectivity index (χ3v) is 2.20. The number of methoxy groups -OCH3 is 1. The van der Waals surface area contributed by atoms with Crippen LogP contribution in [-0.4, -0.2) is 55.9 Å². The van der Waals surface area contributed by atoms with Gasteiger partial charge in [0.25, 0.3) is 0 Å². The van der Waals surface area contributed by atoms with E-state index in [1.54, 1.807) is 6.92 Å². The Hall–Kier alpha value is -1.83. The molecule has 4 N–H and O–H groups in total. The van der Waals surface area contributed by atoms with Gasteiger partial charge in [-0.3, -0.25) is 9.59 Å². The number of rotatable bonds is 9. The van der Waals surface area contributed by atoms with Crippen LogP contribution in [0.1, 0.15) is 19.8 Å². The maximum absolute atomic E-state index is 11.5. The van der Waals surface area contributed by atoms with Crippen molar-refractivity contribution in [3.8, 4) is 0 Å². The molecule has 0 rings (SSSR count). The Bertz CT molecular complexity index is 309. The number of carbonyl (C=O) groups is 3. The lowest BCUT2D eigenvalue weighted by atomic mass is 10.3. The van der Waals surface area contributed by atoms with E-state index in [1.807, 2.05) is 0 Å². The van der Waals surface area contributed by atoms with Gasteiger partial charge in [0.1, 0.15) is 6.04 Å². The molecule has 8 nitrogen and oxygen atoms in total. The summed E-state index contributed by atoms with van der Waals surface area (Å²) in [5.74, 6) is -1.22. The maximum Gasteiger partial charge on any atom is 0.315 e. The lowest BCUT2D eigenvalue weighted by Crippen LogP contribution is -2.49. The third-order valence-electron chi connectivity index (χ3n) is 2.20. The van der Waals surface area contributed by atoms with E-state index in [9.17, 15) is 14.4 Å². The summed E-state index contributed by atoms with van der Waals surface area (Å²) in [7, 11) is 1.53. The third kappa shape index (κ3) is 9.83. The normalized spacial score (nSPS) is 11.5. The zero-order chi connectivity index (χ0) is 14.7. The van der Waals surface area contributed by atoms with Crippen LogP contribution in [0.3, 0.4) is 0 Å². The number of carbonyl (C=O) groups excluding carboxylic acids is 2. The van der Waals surface area contributed by atoms with E-state index in [-0.39, 0.29) is 18.9 Å². The van der Waals surface area contributed by atoms with Crippen molar-refractivity contribution < 1.29 is 24.2 Å². The molecule has 1 unspecified atom stereocenters. The molecule has 0 saturated heterocycles. The summed E-state index contributed by atoms with van der Waals surface area (Å²) in [6.07, 6.45) is 0.338. The van der Waals surface area contributed by atoms with Crippen LogP contribution >= 0.6 is 0 Å². The molecule has 19 heavy (non-hydrogen) atoms. The quantitative estimate of drug-likeness (QED) is 0.415. The monoisotopic (exact) mass is 275 g/mol. The predicted molar refractivity (Wildman–Crippen MR) is 67.8 cm³/mol. The average Bonchev–Trinajstić information content (AvgIpc) is 2.34. The molecule has 0 aromatic carbocycles. The van der Waals surface area contributed by atoms with Crippen molar-refractivity contribution in [3.05, 3.63) is 0 Å². The van der Waals surface area contributed by atoms with E-state index in [1.165, 1.54) is 7.11 Å². The van der Waals surface area contributed by atoms with E-state index in [4.69, 9.17) is 9.84 Å². The Kier molecular flexibility index (Phi) is 9.15. The van der Waals surface area contributed by atoms with Crippen LogP contribution in [0.25, 0.3) is 0 Å². The molecule has 110 valence electrons. The first-order chi connectivity index (χ1) is 8.97. The molecular weight excluding hydrogens is 254 g/mol. The molecule has 3 amide bonds. The summed E-state index contributed by atoms with van der Waals surface area (Å²) in [5, 5.41) is 15.9. The summed E-state index contributed by atoms with van der Waals surface area (Å²) in [4.78, 5) is 33.1. The summed E-state index contributed by atoms with van der Waals surface area (Å²) >= 11 is 0. The lowest BCUT2D eigenvalue weighted by Gasteiger charge is -2.14. The zero-order valence-electron chi connectivity index (χ0n) is 11.2. The molecule has 0 heterocycles. The van der Waals surface area contributed by atoms with Crippen molar-refractivity contribution in [2.45, 2.75) is 25.8 Å². The Morgan fingerprint density at radius 3 is 2.47 bits per heavy atom. The highest BCUT2D eigenvalue weighted by molar-refractivity contribution is 5.86. The zero-order valence-corrected chi connectivity index (χ0v) is 11.2. The molecule has 0 fully saturated rings. The van der Waals surface area contributed by atoms with E-state index >= 15 is 0 Å². The SMILES string of the molecule is COCCNC(=O)C(C)NC(=O)NCCCC(=O)O. The van der Waals surface area contributed by atoms with E-state index in [2.05, 4.69) is 16.0 Å². The Balaban J connectivity index is 3.73. The minimum atomic E-state index is -0.909. The number of urea groups is 1. The van der Waals surface area contributed by atoms with Crippen molar-refractivity contribution in [3.63, 3.8) is 0 Å². The summed E-state index contributed by atoms with van der Waals surface area (Å²) in [6, 6.07) is -1.17. The van der Waals surface area contributed by atoms with Crippen LogP contribution in [0.5, 0.6) is 0 Å². The van der Waals surface area contributed by atoms with Crippen molar-refractivity contribution in [2.24, 2.45) is 0 Å². The van der Waals surface area contributed by atoms with Gasteiger partial charge in [0, 0.05) is 26.6 Å². The van der Waals surface area contributed by atoms with Crippen LogP contribution in [0, 0.1) is 0 Å². The van der Waals surface area contributed by atoms with Gasteiger partial charge in [-0.2, -0.15) is 0 Å². The molecule has 0 saturated carbocycles. The maximum atomic E-state index is 11.5. The fraction of sp³-hybridized carbons (Fsp3) is 0.727. The molecular formula is C11H21N3O5. The topological polar surface area (TPSA) is 117 Å². The molecule has 0 bridgehead atoms. The number of carboxylic acid groups (broad SMARTS) is 1. The number of aliphatic carboxylic acids is 1. The first-order valence-corrected chi connectivity index (χ1v) is 6.00. The standard InChI is InChI=1S/C11H21N3O5/c1-8(10(17)12-6-7-19-2)14-11(18)13-5-3-4-9(15)16/h8H,3-7H2,1-2H3,(H,12,17)(H,15,16)(H2,13,14,18). The second-order valence-corrected chi connectivity index (χ2v) is 3.90. The number of hydrogen-bond acceptors (Lipinski definition) is 4. The molecule has 0 radical (unpaired) electrons. The number of nitrogens with one attached hydrogen (secondary N) is 3. The molecule has 0 aliphatic carbocycles. The second kappa shape index (κ2) is 10.1. The van der Waals surface area contributed by atoms with Gasteiger partial charge < -0.3 is 25.8 Å². The number of hydrogen-bond donors (Lipinski definition) is 4. The Morgan fingerprint density at radius 1 is 1.21 bits per heavy atom. The van der Waals surface area contributed by atoms with Crippen molar-refractivity contribution in [1.29, 1.82) is 0 Å². The van der Waals surface area contributed by atoms with Gasteiger partial charge in [0.15, 0.2) is 0 Å². The highest BCUT2D eigenvalue weighted by atomic mass is 16.5. The Morgan fingerprint density at radius 2 is 1.89 bits per heavy atom. The van der Waals surface area contributed by atoms with Crippen molar-refractivity contribution >= 4 is 17.9 Å². The molecule has 0 aliphatic rings. The molecule has 0 aromatic rings. The minimum absolute atomic E-state index is 0.00661. The molecule has 0 aliphatic heterocycles. The van der Waals surface area contributed by atoms with E-state index < -0.39 is 18.0 Å². The van der Waals surface area contributed by atoms with Crippen LogP contribution in [0.2, 0.25) is 0 Å². The van der Waals surface area contributed by atoms with Gasteiger partial charge in [-0.25, -0.2) is 4.79 Å².